The van der Waals surface area contributed by atoms with E-state index in [4.69, 9.17) is 9.47 Å². The van der Waals surface area contributed by atoms with E-state index in [0.717, 1.165) is 31.1 Å². The number of phenols is 1. The average molecular weight is 404 g/mol. The van der Waals surface area contributed by atoms with Crippen molar-refractivity contribution >= 4 is 10.9 Å². The van der Waals surface area contributed by atoms with E-state index < -0.39 is 0 Å². The molecule has 2 aromatic rings. The molecule has 1 N–H and O–H groups in total. The number of phenolic OH excluding ortho intramolecular Hbond substituents is 1. The van der Waals surface area contributed by atoms with E-state index >= 15 is 0 Å². The molecule has 0 spiro atoms. The van der Waals surface area contributed by atoms with E-state index in [2.05, 4.69) is 13.8 Å². The van der Waals surface area contributed by atoms with Crippen molar-refractivity contribution in [1.29, 1.82) is 0 Å². The molecule has 0 bridgehead atoms. The molecule has 0 radical (unpaired) electrons. The zero-order valence-corrected chi connectivity index (χ0v) is 18.5. The summed E-state index contributed by atoms with van der Waals surface area (Å²) >= 11 is 0. The highest BCUT2D eigenvalue weighted by Gasteiger charge is 2.21. The van der Waals surface area contributed by atoms with Gasteiger partial charge < -0.3 is 19.1 Å². The van der Waals surface area contributed by atoms with Crippen LogP contribution >= 0.6 is 0 Å². The fourth-order valence-electron chi connectivity index (χ4n) is 3.46. The minimum absolute atomic E-state index is 0.131. The van der Waals surface area contributed by atoms with Crippen LogP contribution in [0.15, 0.2) is 23.0 Å². The Hall–Kier alpha value is -2.17. The van der Waals surface area contributed by atoms with Crippen LogP contribution in [0.1, 0.15) is 79.1 Å². The molecule has 0 aliphatic heterocycles. The number of hydrogen-bond acceptors (Lipinski definition) is 4. The summed E-state index contributed by atoms with van der Waals surface area (Å²) in [6, 6.07) is 5.10. The van der Waals surface area contributed by atoms with Crippen LogP contribution in [0, 0.1) is 0 Å². The molecule has 29 heavy (non-hydrogen) atoms. The van der Waals surface area contributed by atoms with Crippen LogP contribution in [-0.4, -0.2) is 22.4 Å². The molecule has 0 aliphatic rings. The van der Waals surface area contributed by atoms with Crippen molar-refractivity contribution < 1.29 is 14.6 Å². The SMILES string of the molecule is CCCCCCCCn1c(=O)c(OC(C)C)c(OCCCC)c2ccc(O)cc21. The number of aryl methyl sites for hydroxylation is 1. The van der Waals surface area contributed by atoms with Crippen LogP contribution in [-0.2, 0) is 6.54 Å². The number of benzene rings is 1. The van der Waals surface area contributed by atoms with Gasteiger partial charge >= 0.3 is 0 Å². The Morgan fingerprint density at radius 3 is 2.34 bits per heavy atom. The number of fused-ring (bicyclic) bond motifs is 1. The Labute approximate surface area is 174 Å². The number of pyridine rings is 1. The summed E-state index contributed by atoms with van der Waals surface area (Å²) in [6.45, 7) is 9.27. The smallest absolute Gasteiger partial charge is 0.297 e. The van der Waals surface area contributed by atoms with Crippen molar-refractivity contribution in [2.75, 3.05) is 6.61 Å². The standard InChI is InChI=1S/C24H37NO4/c1-5-7-9-10-11-12-15-25-21-17-19(26)13-14-20(21)22(28-16-8-6-2)23(24(25)27)29-18(3)4/h13-14,17-18,26H,5-12,15-16H2,1-4H3. The number of aromatic nitrogens is 1. The number of unbranched alkanes of at least 4 members (excludes halogenated alkanes) is 6. The predicted octanol–water partition coefficient (Wildman–Crippen LogP) is 6.03. The highest BCUT2D eigenvalue weighted by molar-refractivity contribution is 5.89. The van der Waals surface area contributed by atoms with Gasteiger partial charge in [-0.05, 0) is 38.8 Å². The Morgan fingerprint density at radius 2 is 1.66 bits per heavy atom. The van der Waals surface area contributed by atoms with Gasteiger partial charge in [-0.2, -0.15) is 0 Å². The summed E-state index contributed by atoms with van der Waals surface area (Å²) in [5.41, 5.74) is 0.517. The second-order valence-electron chi connectivity index (χ2n) is 7.95. The largest absolute Gasteiger partial charge is 0.508 e. The maximum atomic E-state index is 13.3. The highest BCUT2D eigenvalue weighted by atomic mass is 16.5. The van der Waals surface area contributed by atoms with Crippen molar-refractivity contribution in [3.63, 3.8) is 0 Å². The number of ether oxygens (including phenoxy) is 2. The van der Waals surface area contributed by atoms with Crippen molar-refractivity contribution in [2.24, 2.45) is 0 Å². The topological polar surface area (TPSA) is 60.7 Å². The first kappa shape index (κ1) is 23.1. The molecular formula is C24H37NO4. The van der Waals surface area contributed by atoms with Gasteiger partial charge in [0.2, 0.25) is 5.75 Å². The summed E-state index contributed by atoms with van der Waals surface area (Å²) in [5.74, 6) is 0.914. The normalized spacial score (nSPS) is 11.3. The van der Waals surface area contributed by atoms with Gasteiger partial charge in [-0.3, -0.25) is 4.79 Å². The molecule has 0 fully saturated rings. The van der Waals surface area contributed by atoms with Crippen molar-refractivity contribution in [3.8, 4) is 17.2 Å². The summed E-state index contributed by atoms with van der Waals surface area (Å²) in [4.78, 5) is 13.3. The zero-order chi connectivity index (χ0) is 21.2. The second kappa shape index (κ2) is 11.7. The van der Waals surface area contributed by atoms with Crippen molar-refractivity contribution in [1.82, 2.24) is 4.57 Å². The molecule has 0 atom stereocenters. The third kappa shape index (κ3) is 6.41. The quantitative estimate of drug-likeness (QED) is 0.415. The molecule has 0 unspecified atom stereocenters. The number of nitrogens with zero attached hydrogens (tertiary/aromatic N) is 1. The van der Waals surface area contributed by atoms with Crippen LogP contribution < -0.4 is 15.0 Å². The Bertz CT molecular complexity index is 826. The van der Waals surface area contributed by atoms with E-state index in [9.17, 15) is 9.90 Å². The lowest BCUT2D eigenvalue weighted by molar-refractivity contribution is 0.216. The number of rotatable bonds is 13. The molecule has 1 aromatic carbocycles. The lowest BCUT2D eigenvalue weighted by atomic mass is 10.1. The van der Waals surface area contributed by atoms with Crippen LogP contribution in [0.25, 0.3) is 10.9 Å². The minimum atomic E-state index is -0.183. The second-order valence-corrected chi connectivity index (χ2v) is 7.95. The lowest BCUT2D eigenvalue weighted by Gasteiger charge is -2.20. The van der Waals surface area contributed by atoms with Crippen LogP contribution in [0.4, 0.5) is 0 Å². The third-order valence-electron chi connectivity index (χ3n) is 5.00. The molecule has 1 aromatic heterocycles. The number of aromatic hydroxyl groups is 1. The number of hydrogen-bond donors (Lipinski definition) is 1. The summed E-state index contributed by atoms with van der Waals surface area (Å²) in [6.07, 6.45) is 8.68. The van der Waals surface area contributed by atoms with Gasteiger partial charge in [0.1, 0.15) is 5.75 Å². The fourth-order valence-corrected chi connectivity index (χ4v) is 3.46. The van der Waals surface area contributed by atoms with E-state index in [-0.39, 0.29) is 23.2 Å². The monoisotopic (exact) mass is 403 g/mol. The van der Waals surface area contributed by atoms with E-state index in [0.29, 0.717) is 24.4 Å². The van der Waals surface area contributed by atoms with Gasteiger partial charge in [-0.15, -0.1) is 0 Å². The zero-order valence-electron chi connectivity index (χ0n) is 18.5. The molecule has 1 heterocycles. The van der Waals surface area contributed by atoms with Gasteiger partial charge in [0.25, 0.3) is 5.56 Å². The third-order valence-corrected chi connectivity index (χ3v) is 5.00. The maximum absolute atomic E-state index is 13.3. The maximum Gasteiger partial charge on any atom is 0.297 e. The summed E-state index contributed by atoms with van der Waals surface area (Å²) < 4.78 is 13.7. The summed E-state index contributed by atoms with van der Waals surface area (Å²) in [5, 5.41) is 10.9. The predicted molar refractivity (Wildman–Crippen MR) is 119 cm³/mol. The molecule has 0 aliphatic carbocycles. The molecule has 0 saturated carbocycles. The first-order valence-corrected chi connectivity index (χ1v) is 11.2. The minimum Gasteiger partial charge on any atom is -0.508 e. The van der Waals surface area contributed by atoms with Crippen molar-refractivity contribution in [2.45, 2.75) is 91.7 Å². The van der Waals surface area contributed by atoms with Crippen LogP contribution in [0.2, 0.25) is 0 Å². The van der Waals surface area contributed by atoms with Gasteiger partial charge in [0, 0.05) is 18.0 Å². The van der Waals surface area contributed by atoms with E-state index in [1.807, 2.05) is 19.9 Å². The molecule has 5 nitrogen and oxygen atoms in total. The molecule has 2 rings (SSSR count). The summed E-state index contributed by atoms with van der Waals surface area (Å²) in [7, 11) is 0. The highest BCUT2D eigenvalue weighted by Crippen LogP contribution is 2.35. The van der Waals surface area contributed by atoms with Crippen LogP contribution in [0.5, 0.6) is 17.2 Å². The lowest BCUT2D eigenvalue weighted by Crippen LogP contribution is -2.25. The average Bonchev–Trinajstić information content (AvgIpc) is 2.68. The molecule has 0 amide bonds. The first-order valence-electron chi connectivity index (χ1n) is 11.2. The molecule has 5 heteroatoms. The van der Waals surface area contributed by atoms with E-state index in [1.165, 1.54) is 25.7 Å². The molecule has 162 valence electrons. The first-order chi connectivity index (χ1) is 14.0. The van der Waals surface area contributed by atoms with E-state index in [1.54, 1.807) is 16.7 Å². The van der Waals surface area contributed by atoms with Gasteiger partial charge in [-0.1, -0.05) is 52.4 Å². The molecule has 0 saturated heterocycles. The Balaban J connectivity index is 2.43. The molecular weight excluding hydrogens is 366 g/mol. The Kier molecular flexibility index (Phi) is 9.36. The van der Waals surface area contributed by atoms with Crippen LogP contribution in [0.3, 0.4) is 0 Å². The van der Waals surface area contributed by atoms with Gasteiger partial charge in [0.15, 0.2) is 5.75 Å². The Morgan fingerprint density at radius 1 is 0.966 bits per heavy atom. The van der Waals surface area contributed by atoms with Crippen molar-refractivity contribution in [3.05, 3.63) is 28.6 Å². The van der Waals surface area contributed by atoms with Gasteiger partial charge in [0.05, 0.1) is 18.2 Å². The van der Waals surface area contributed by atoms with Gasteiger partial charge in [-0.25, -0.2) is 0 Å². The fraction of sp³-hybridized carbons (Fsp3) is 0.625.